The zero-order chi connectivity index (χ0) is 22.1. The predicted octanol–water partition coefficient (Wildman–Crippen LogP) is 3.44. The third-order valence-corrected chi connectivity index (χ3v) is 5.36. The summed E-state index contributed by atoms with van der Waals surface area (Å²) in [5, 5.41) is 6.62. The molecule has 0 atom stereocenters. The van der Waals surface area contributed by atoms with E-state index in [0.717, 1.165) is 55.5 Å². The first kappa shape index (κ1) is 26.0. The molecule has 3 rings (SSSR count). The van der Waals surface area contributed by atoms with Gasteiger partial charge in [0.25, 0.3) is 0 Å². The Morgan fingerprint density at radius 3 is 2.47 bits per heavy atom. The molecule has 176 valence electrons. The van der Waals surface area contributed by atoms with E-state index in [2.05, 4.69) is 49.5 Å². The van der Waals surface area contributed by atoms with Gasteiger partial charge < -0.3 is 29.9 Å². The van der Waals surface area contributed by atoms with Crippen LogP contribution in [0.4, 0.5) is 11.5 Å². The van der Waals surface area contributed by atoms with Gasteiger partial charge in [-0.3, -0.25) is 4.99 Å². The molecule has 0 bridgehead atoms. The minimum Gasteiger partial charge on any atom is -0.493 e. The number of piperazine rings is 1. The van der Waals surface area contributed by atoms with Gasteiger partial charge in [0.15, 0.2) is 17.5 Å². The normalized spacial score (nSPS) is 14.5. The van der Waals surface area contributed by atoms with Gasteiger partial charge in [-0.15, -0.1) is 24.0 Å². The van der Waals surface area contributed by atoms with Gasteiger partial charge >= 0.3 is 0 Å². The van der Waals surface area contributed by atoms with E-state index >= 15 is 0 Å². The SMILES string of the molecule is CCOc1ccc(NC(=NC)NCc2ccc(N3CCN(CC)CC3)nc2)cc1OC.I. The van der Waals surface area contributed by atoms with Gasteiger partial charge in [0.2, 0.25) is 0 Å². The minimum atomic E-state index is 0. The lowest BCUT2D eigenvalue weighted by atomic mass is 10.2. The van der Waals surface area contributed by atoms with Crippen molar-refractivity contribution in [3.8, 4) is 11.5 Å². The highest BCUT2D eigenvalue weighted by molar-refractivity contribution is 14.0. The molecule has 0 saturated carbocycles. The Bertz CT molecular complexity index is 854. The second-order valence-corrected chi connectivity index (χ2v) is 7.30. The summed E-state index contributed by atoms with van der Waals surface area (Å²) < 4.78 is 11.0. The van der Waals surface area contributed by atoms with Gasteiger partial charge in [-0.2, -0.15) is 0 Å². The fourth-order valence-electron chi connectivity index (χ4n) is 3.52. The van der Waals surface area contributed by atoms with E-state index in [1.54, 1.807) is 14.2 Å². The third kappa shape index (κ3) is 7.13. The van der Waals surface area contributed by atoms with Gasteiger partial charge in [0.05, 0.1) is 13.7 Å². The van der Waals surface area contributed by atoms with Crippen molar-refractivity contribution in [2.24, 2.45) is 4.99 Å². The number of pyridine rings is 1. The number of aliphatic imine (C=N–C) groups is 1. The van der Waals surface area contributed by atoms with Crippen LogP contribution in [-0.4, -0.2) is 69.3 Å². The van der Waals surface area contributed by atoms with E-state index in [-0.39, 0.29) is 24.0 Å². The first-order valence-electron chi connectivity index (χ1n) is 10.9. The van der Waals surface area contributed by atoms with Crippen molar-refractivity contribution < 1.29 is 9.47 Å². The van der Waals surface area contributed by atoms with E-state index in [0.29, 0.717) is 24.9 Å². The van der Waals surface area contributed by atoms with Crippen molar-refractivity contribution >= 4 is 41.4 Å². The summed E-state index contributed by atoms with van der Waals surface area (Å²) in [5.74, 6) is 3.12. The van der Waals surface area contributed by atoms with Crippen LogP contribution in [0.3, 0.4) is 0 Å². The van der Waals surface area contributed by atoms with Crippen LogP contribution in [0.2, 0.25) is 0 Å². The lowest BCUT2D eigenvalue weighted by Gasteiger charge is -2.34. The number of hydrogen-bond acceptors (Lipinski definition) is 6. The summed E-state index contributed by atoms with van der Waals surface area (Å²) in [7, 11) is 3.38. The summed E-state index contributed by atoms with van der Waals surface area (Å²) in [5.41, 5.74) is 1.97. The van der Waals surface area contributed by atoms with Crippen molar-refractivity contribution in [2.45, 2.75) is 20.4 Å². The lowest BCUT2D eigenvalue weighted by molar-refractivity contribution is 0.270. The molecule has 2 aromatic rings. The highest BCUT2D eigenvalue weighted by Gasteiger charge is 2.16. The second-order valence-electron chi connectivity index (χ2n) is 7.30. The van der Waals surface area contributed by atoms with Crippen molar-refractivity contribution in [1.82, 2.24) is 15.2 Å². The topological polar surface area (TPSA) is 74.3 Å². The van der Waals surface area contributed by atoms with Crippen molar-refractivity contribution in [3.63, 3.8) is 0 Å². The predicted molar refractivity (Wildman–Crippen MR) is 142 cm³/mol. The van der Waals surface area contributed by atoms with E-state index in [1.807, 2.05) is 31.3 Å². The molecule has 32 heavy (non-hydrogen) atoms. The van der Waals surface area contributed by atoms with Crippen LogP contribution in [0.1, 0.15) is 19.4 Å². The molecule has 1 saturated heterocycles. The Labute approximate surface area is 208 Å². The number of benzene rings is 1. The Balaban J connectivity index is 0.00000363. The maximum Gasteiger partial charge on any atom is 0.195 e. The summed E-state index contributed by atoms with van der Waals surface area (Å²) in [6, 6.07) is 9.95. The fourth-order valence-corrected chi connectivity index (χ4v) is 3.52. The number of likely N-dealkylation sites (N-methyl/N-ethyl adjacent to an activating group) is 1. The van der Waals surface area contributed by atoms with Crippen LogP contribution in [0.25, 0.3) is 0 Å². The molecule has 1 aromatic heterocycles. The summed E-state index contributed by atoms with van der Waals surface area (Å²) >= 11 is 0. The number of anilines is 2. The molecule has 0 amide bonds. The molecule has 2 heterocycles. The molecule has 1 aliphatic rings. The lowest BCUT2D eigenvalue weighted by Crippen LogP contribution is -2.46. The van der Waals surface area contributed by atoms with Gasteiger partial charge in [-0.05, 0) is 37.2 Å². The number of aromatic nitrogens is 1. The average Bonchev–Trinajstić information content (AvgIpc) is 2.83. The summed E-state index contributed by atoms with van der Waals surface area (Å²) in [6.45, 7) is 10.8. The molecule has 1 aliphatic heterocycles. The largest absolute Gasteiger partial charge is 0.493 e. The van der Waals surface area contributed by atoms with Crippen molar-refractivity contribution in [3.05, 3.63) is 42.1 Å². The third-order valence-electron chi connectivity index (χ3n) is 5.36. The molecule has 0 aliphatic carbocycles. The van der Waals surface area contributed by atoms with Crippen LogP contribution >= 0.6 is 24.0 Å². The highest BCUT2D eigenvalue weighted by atomic mass is 127. The molecule has 0 radical (unpaired) electrons. The Morgan fingerprint density at radius 1 is 1.09 bits per heavy atom. The molecular weight excluding hydrogens is 519 g/mol. The summed E-state index contributed by atoms with van der Waals surface area (Å²) in [4.78, 5) is 13.8. The van der Waals surface area contributed by atoms with Crippen molar-refractivity contribution in [2.75, 3.05) is 63.7 Å². The van der Waals surface area contributed by atoms with Crippen molar-refractivity contribution in [1.29, 1.82) is 0 Å². The van der Waals surface area contributed by atoms with Crippen LogP contribution in [0.15, 0.2) is 41.5 Å². The van der Waals surface area contributed by atoms with Gasteiger partial charge in [0, 0.05) is 57.7 Å². The maximum atomic E-state index is 5.57. The Hall–Kier alpha value is -2.27. The number of methoxy groups -OCH3 is 1. The number of halogens is 1. The molecule has 0 spiro atoms. The number of nitrogens with zero attached hydrogens (tertiary/aromatic N) is 4. The maximum absolute atomic E-state index is 5.57. The van der Waals surface area contributed by atoms with E-state index in [1.165, 1.54) is 0 Å². The fraction of sp³-hybridized carbons (Fsp3) is 0.478. The van der Waals surface area contributed by atoms with Crippen LogP contribution < -0.4 is 25.0 Å². The Kier molecular flexibility index (Phi) is 10.8. The van der Waals surface area contributed by atoms with Crippen LogP contribution in [0, 0.1) is 0 Å². The van der Waals surface area contributed by atoms with Gasteiger partial charge in [-0.25, -0.2) is 4.98 Å². The van der Waals surface area contributed by atoms with E-state index in [4.69, 9.17) is 9.47 Å². The average molecular weight is 554 g/mol. The van der Waals surface area contributed by atoms with Gasteiger partial charge in [-0.1, -0.05) is 13.0 Å². The molecular formula is C23H35IN6O2. The number of hydrogen-bond donors (Lipinski definition) is 2. The molecule has 2 N–H and O–H groups in total. The zero-order valence-corrected chi connectivity index (χ0v) is 21.8. The number of rotatable bonds is 8. The standard InChI is InChI=1S/C23H34N6O2.HI/c1-5-28-11-13-29(14-12-28)22-10-7-18(16-25-22)17-26-23(24-3)27-19-8-9-20(31-6-2)21(15-19)30-4;/h7-10,15-16H,5-6,11-14,17H2,1-4H3,(H2,24,26,27);1H. The zero-order valence-electron chi connectivity index (χ0n) is 19.4. The number of nitrogens with one attached hydrogen (secondary N) is 2. The van der Waals surface area contributed by atoms with E-state index in [9.17, 15) is 0 Å². The van der Waals surface area contributed by atoms with Crippen LogP contribution in [0.5, 0.6) is 11.5 Å². The molecule has 0 unspecified atom stereocenters. The highest BCUT2D eigenvalue weighted by Crippen LogP contribution is 2.30. The monoisotopic (exact) mass is 554 g/mol. The van der Waals surface area contributed by atoms with E-state index < -0.39 is 0 Å². The van der Waals surface area contributed by atoms with Crippen LogP contribution in [-0.2, 0) is 6.54 Å². The Morgan fingerprint density at radius 2 is 1.88 bits per heavy atom. The quantitative estimate of drug-likeness (QED) is 0.294. The summed E-state index contributed by atoms with van der Waals surface area (Å²) in [6.07, 6.45) is 1.93. The molecule has 9 heteroatoms. The first-order chi connectivity index (χ1) is 15.2. The van der Waals surface area contributed by atoms with Gasteiger partial charge in [0.1, 0.15) is 5.82 Å². The molecule has 1 fully saturated rings. The minimum absolute atomic E-state index is 0. The molecule has 1 aromatic carbocycles. The number of guanidine groups is 1. The first-order valence-corrected chi connectivity index (χ1v) is 10.9. The number of ether oxygens (including phenoxy) is 2. The smallest absolute Gasteiger partial charge is 0.195 e. The second kappa shape index (κ2) is 13.3. The molecule has 8 nitrogen and oxygen atoms in total.